The molecule has 0 amide bonds. The molecule has 328 valence electrons. The van der Waals surface area contributed by atoms with Gasteiger partial charge in [0.05, 0.1) is 29.0 Å². The molecule has 0 nitrogen and oxygen atoms in total. The largest absolute Gasteiger partial charge is 0.123 e. The zero-order valence-corrected chi connectivity index (χ0v) is 45.0. The van der Waals surface area contributed by atoms with Crippen molar-refractivity contribution in [3.05, 3.63) is 123 Å². The smallest absolute Gasteiger partial charge is 0.0969 e. The van der Waals surface area contributed by atoms with Crippen molar-refractivity contribution in [3.8, 4) is 0 Å². The molecule has 1 aliphatic heterocycles. The fourth-order valence-corrected chi connectivity index (χ4v) is 21.2. The number of hydrogen-bond donors (Lipinski definition) is 0. The molecule has 1 atom stereocenters. The second-order valence-electron chi connectivity index (χ2n) is 23.5. The lowest BCUT2D eigenvalue weighted by molar-refractivity contribution is 0.515. The highest BCUT2D eigenvalue weighted by Gasteiger charge is 2.59. The van der Waals surface area contributed by atoms with Crippen LogP contribution in [0.15, 0.2) is 83.5 Å². The van der Waals surface area contributed by atoms with Gasteiger partial charge < -0.3 is 0 Å². The summed E-state index contributed by atoms with van der Waals surface area (Å²) in [6.45, 7) is 51.7. The SMILES string of the molecule is CC(C)P(Cc1ccc(C(C)(C)C)cc1C1=CC(=C2C=C(C(C)(C)C)C=C[C+]2CP(C(C)C)C(C)C)C=C2c3cc(C(C)(C)C)ccc3C[P+](C(C)C)(C(C)C)[C@H]12)C(C)C. The van der Waals surface area contributed by atoms with Gasteiger partial charge in [0.25, 0.3) is 0 Å². The van der Waals surface area contributed by atoms with E-state index >= 15 is 0 Å². The molecular weight excluding hydrogens is 778 g/mol. The minimum Gasteiger partial charge on any atom is -0.0969 e. The maximum Gasteiger partial charge on any atom is 0.123 e. The van der Waals surface area contributed by atoms with Crippen LogP contribution in [0.5, 0.6) is 0 Å². The van der Waals surface area contributed by atoms with Gasteiger partial charge in [-0.05, 0) is 113 Å². The summed E-state index contributed by atoms with van der Waals surface area (Å²) in [5, 5.41) is 0. The fraction of sp³-hybridized carbons (Fsp3) is 0.596. The lowest BCUT2D eigenvalue weighted by atomic mass is 9.75. The van der Waals surface area contributed by atoms with Crippen molar-refractivity contribution in [3.63, 3.8) is 0 Å². The molecule has 2 aromatic rings. The van der Waals surface area contributed by atoms with Gasteiger partial charge in [-0.1, -0.05) is 170 Å². The molecule has 5 rings (SSSR count). The normalized spacial score (nSPS) is 20.0. The third-order valence-corrected chi connectivity index (χ3v) is 27.2. The lowest BCUT2D eigenvalue weighted by Crippen LogP contribution is -2.35. The molecule has 0 saturated carbocycles. The van der Waals surface area contributed by atoms with E-state index in [9.17, 15) is 0 Å². The number of rotatable bonds is 11. The molecule has 0 saturated heterocycles. The third kappa shape index (κ3) is 10.1. The minimum atomic E-state index is -1.68. The summed E-state index contributed by atoms with van der Waals surface area (Å²) in [4.78, 5) is 0. The highest BCUT2D eigenvalue weighted by atomic mass is 31.2. The molecule has 2 aromatic carbocycles. The Balaban J connectivity index is 2.01. The van der Waals surface area contributed by atoms with E-state index in [1.807, 2.05) is 0 Å². The lowest BCUT2D eigenvalue weighted by Gasteiger charge is -2.48. The average molecular weight is 865 g/mol. The van der Waals surface area contributed by atoms with Crippen LogP contribution in [-0.2, 0) is 23.2 Å². The molecule has 3 aliphatic rings. The van der Waals surface area contributed by atoms with E-state index in [1.54, 1.807) is 27.8 Å². The number of fused-ring (bicyclic) bond motifs is 3. The Kier molecular flexibility index (Phi) is 15.1. The van der Waals surface area contributed by atoms with Gasteiger partial charge in [-0.3, -0.25) is 0 Å². The fourth-order valence-electron chi connectivity index (χ4n) is 10.4. The monoisotopic (exact) mass is 865 g/mol. The molecule has 0 fully saturated rings. The standard InChI is InChI=1S/C57H87P3/c1-36(2)58(37(3)4)33-42-22-25-46(55(13,14)15)30-49(42)45-28-52(50-31-47(56(16,17)18)26-23-43(50)34-59(38(5)6)39(7)8)54-53(29-45)51-32-48(57(19,20)21)27-24-44(51)35-60(54,40(9)10)41(11)12/h22-32,36-41,54H,33-35H2,1-21H3/q+2/t54-/m1/s1. The highest BCUT2D eigenvalue weighted by Crippen LogP contribution is 2.80. The van der Waals surface area contributed by atoms with Crippen molar-refractivity contribution < 1.29 is 0 Å². The number of benzene rings is 2. The molecule has 0 spiro atoms. The number of allylic oxidation sites excluding steroid dienone is 10. The minimum absolute atomic E-state index is 0.0523. The van der Waals surface area contributed by atoms with E-state index in [0.29, 0.717) is 39.6 Å². The van der Waals surface area contributed by atoms with Crippen molar-refractivity contribution in [2.45, 2.75) is 208 Å². The van der Waals surface area contributed by atoms with Gasteiger partial charge in [-0.25, -0.2) is 0 Å². The number of hydrogen-bond acceptors (Lipinski definition) is 0. The highest BCUT2D eigenvalue weighted by molar-refractivity contribution is 7.78. The van der Waals surface area contributed by atoms with E-state index < -0.39 is 7.26 Å². The molecule has 0 radical (unpaired) electrons. The summed E-state index contributed by atoms with van der Waals surface area (Å²) in [7, 11) is -2.06. The van der Waals surface area contributed by atoms with Crippen LogP contribution in [0.1, 0.15) is 179 Å². The van der Waals surface area contributed by atoms with Crippen molar-refractivity contribution >= 4 is 34.3 Å². The first-order valence-electron chi connectivity index (χ1n) is 23.7. The van der Waals surface area contributed by atoms with Gasteiger partial charge >= 0.3 is 0 Å². The van der Waals surface area contributed by atoms with E-state index in [4.69, 9.17) is 0 Å². The topological polar surface area (TPSA) is 0 Å². The predicted molar refractivity (Wildman–Crippen MR) is 281 cm³/mol. The average Bonchev–Trinajstić information content (AvgIpc) is 3.12. The Morgan fingerprint density at radius 1 is 0.600 bits per heavy atom. The molecule has 3 heteroatoms. The second-order valence-corrected chi connectivity index (χ2v) is 35.2. The van der Waals surface area contributed by atoms with Crippen molar-refractivity contribution in [1.82, 2.24) is 0 Å². The first kappa shape index (κ1) is 49.3. The van der Waals surface area contributed by atoms with Crippen molar-refractivity contribution in [1.29, 1.82) is 0 Å². The van der Waals surface area contributed by atoms with Crippen LogP contribution >= 0.6 is 23.1 Å². The zero-order chi connectivity index (χ0) is 45.0. The first-order valence-corrected chi connectivity index (χ1v) is 29.2. The first-order chi connectivity index (χ1) is 27.6. The molecule has 1 heterocycles. The van der Waals surface area contributed by atoms with Gasteiger partial charge in [0.15, 0.2) is 0 Å². The van der Waals surface area contributed by atoms with Crippen molar-refractivity contribution in [2.75, 3.05) is 6.16 Å². The van der Waals surface area contributed by atoms with Crippen LogP contribution in [0, 0.1) is 11.3 Å². The van der Waals surface area contributed by atoms with E-state index in [1.165, 1.54) is 57.8 Å². The summed E-state index contributed by atoms with van der Waals surface area (Å²) in [6, 6.07) is 15.4. The van der Waals surface area contributed by atoms with Crippen LogP contribution in [0.3, 0.4) is 0 Å². The zero-order valence-electron chi connectivity index (χ0n) is 42.4. The van der Waals surface area contributed by atoms with Gasteiger partial charge in [0.2, 0.25) is 0 Å². The molecule has 2 aliphatic carbocycles. The Bertz CT molecular complexity index is 1990. The molecule has 0 N–H and O–H groups in total. The summed E-state index contributed by atoms with van der Waals surface area (Å²) in [6.07, 6.45) is 16.7. The van der Waals surface area contributed by atoms with Crippen LogP contribution in [0.25, 0.3) is 11.1 Å². The molecule has 0 unspecified atom stereocenters. The summed E-state index contributed by atoms with van der Waals surface area (Å²) in [5.41, 5.74) is 21.2. The maximum absolute atomic E-state index is 2.78. The quantitative estimate of drug-likeness (QED) is 0.156. The predicted octanol–water partition coefficient (Wildman–Crippen LogP) is 18.0. The second kappa shape index (κ2) is 18.4. The summed E-state index contributed by atoms with van der Waals surface area (Å²) in [5.74, 6) is 1.54. The van der Waals surface area contributed by atoms with E-state index in [2.05, 4.69) is 212 Å². The van der Waals surface area contributed by atoms with Crippen LogP contribution in [-0.4, -0.2) is 45.8 Å². The van der Waals surface area contributed by atoms with Crippen LogP contribution in [0.4, 0.5) is 0 Å². The van der Waals surface area contributed by atoms with Crippen LogP contribution in [0.2, 0.25) is 0 Å². The molecular formula is C57H87P3+2. The third-order valence-electron chi connectivity index (χ3n) is 14.3. The van der Waals surface area contributed by atoms with Gasteiger partial charge in [0.1, 0.15) is 11.2 Å². The van der Waals surface area contributed by atoms with Gasteiger partial charge in [-0.2, -0.15) is 0 Å². The van der Waals surface area contributed by atoms with Gasteiger partial charge in [0, 0.05) is 53.8 Å². The molecule has 0 aromatic heterocycles. The van der Waals surface area contributed by atoms with E-state index in [0.717, 1.165) is 0 Å². The van der Waals surface area contributed by atoms with Gasteiger partial charge in [-0.15, -0.1) is 0 Å². The van der Waals surface area contributed by atoms with Crippen LogP contribution < -0.4 is 0 Å². The Labute approximate surface area is 375 Å². The summed E-state index contributed by atoms with van der Waals surface area (Å²) >= 11 is 0. The Morgan fingerprint density at radius 2 is 1.08 bits per heavy atom. The maximum atomic E-state index is 2.78. The Hall–Kier alpha value is -1.70. The Morgan fingerprint density at radius 3 is 1.55 bits per heavy atom. The van der Waals surface area contributed by atoms with E-state index in [-0.39, 0.29) is 32.1 Å². The van der Waals surface area contributed by atoms with Crippen molar-refractivity contribution in [2.24, 2.45) is 5.41 Å². The summed E-state index contributed by atoms with van der Waals surface area (Å²) < 4.78 is 0. The molecule has 0 bridgehead atoms. The molecule has 60 heavy (non-hydrogen) atoms.